The zero-order valence-electron chi connectivity index (χ0n) is 13.0. The molecule has 1 heterocycles. The maximum atomic E-state index is 11.3. The molecule has 6 heteroatoms. The fourth-order valence-corrected chi connectivity index (χ4v) is 2.40. The third kappa shape index (κ3) is 6.54. The molecule has 1 aromatic carbocycles. The highest BCUT2D eigenvalue weighted by molar-refractivity contribution is 5.85. The molecule has 0 spiro atoms. The number of ether oxygens (including phenoxy) is 2. The minimum Gasteiger partial charge on any atom is -0.492 e. The molecule has 1 fully saturated rings. The first kappa shape index (κ1) is 18.6. The zero-order valence-corrected chi connectivity index (χ0v) is 13.9. The van der Waals surface area contributed by atoms with Crippen LogP contribution in [0.2, 0.25) is 0 Å². The molecule has 1 aromatic rings. The van der Waals surface area contributed by atoms with E-state index in [1.54, 1.807) is 6.92 Å². The number of nitrogens with one attached hydrogen (secondary N) is 1. The number of piperidine rings is 1. The maximum absolute atomic E-state index is 11.3. The van der Waals surface area contributed by atoms with Crippen LogP contribution in [-0.2, 0) is 4.74 Å². The van der Waals surface area contributed by atoms with Crippen LogP contribution >= 0.6 is 12.4 Å². The van der Waals surface area contributed by atoms with Crippen LogP contribution < -0.4 is 10.1 Å². The van der Waals surface area contributed by atoms with E-state index in [0.717, 1.165) is 12.3 Å². The number of likely N-dealkylation sites (tertiary alicyclic amines) is 1. The van der Waals surface area contributed by atoms with Gasteiger partial charge in [-0.3, -0.25) is 10.2 Å². The van der Waals surface area contributed by atoms with Crippen LogP contribution in [0.5, 0.6) is 5.75 Å². The van der Waals surface area contributed by atoms with Crippen molar-refractivity contribution in [1.29, 1.82) is 0 Å². The normalized spacial score (nSPS) is 14.8. The van der Waals surface area contributed by atoms with Crippen molar-refractivity contribution in [2.45, 2.75) is 26.2 Å². The predicted molar refractivity (Wildman–Crippen MR) is 90.1 cm³/mol. The summed E-state index contributed by atoms with van der Waals surface area (Å²) in [6, 6.07) is 7.34. The molecule has 0 atom stereocenters. The van der Waals surface area contributed by atoms with E-state index >= 15 is 0 Å². The molecule has 0 aromatic heterocycles. The van der Waals surface area contributed by atoms with Gasteiger partial charge >= 0.3 is 6.09 Å². The van der Waals surface area contributed by atoms with Crippen molar-refractivity contribution in [1.82, 2.24) is 4.90 Å². The van der Waals surface area contributed by atoms with Crippen molar-refractivity contribution in [3.63, 3.8) is 0 Å². The Morgan fingerprint density at radius 3 is 2.50 bits per heavy atom. The topological polar surface area (TPSA) is 50.8 Å². The van der Waals surface area contributed by atoms with Gasteiger partial charge in [-0.15, -0.1) is 12.4 Å². The Labute approximate surface area is 138 Å². The van der Waals surface area contributed by atoms with Crippen molar-refractivity contribution in [2.75, 3.05) is 38.2 Å². The first-order chi connectivity index (χ1) is 10.3. The van der Waals surface area contributed by atoms with Crippen molar-refractivity contribution in [3.8, 4) is 5.75 Å². The highest BCUT2D eigenvalue weighted by Crippen LogP contribution is 2.16. The van der Waals surface area contributed by atoms with Crippen LogP contribution in [-0.4, -0.2) is 43.8 Å². The minimum atomic E-state index is -0.434. The first-order valence-corrected chi connectivity index (χ1v) is 7.67. The summed E-state index contributed by atoms with van der Waals surface area (Å²) < 4.78 is 10.6. The largest absolute Gasteiger partial charge is 0.492 e. The summed E-state index contributed by atoms with van der Waals surface area (Å²) in [5.41, 5.74) is 0.705. The van der Waals surface area contributed by atoms with E-state index in [1.165, 1.54) is 32.4 Å². The van der Waals surface area contributed by atoms with Gasteiger partial charge in [-0.1, -0.05) is 6.42 Å². The number of carbonyl (C=O) groups excluding carboxylic acids is 1. The molecule has 1 aliphatic heterocycles. The van der Waals surface area contributed by atoms with Gasteiger partial charge in [-0.05, 0) is 57.1 Å². The van der Waals surface area contributed by atoms with E-state index in [-0.39, 0.29) is 12.4 Å². The van der Waals surface area contributed by atoms with E-state index < -0.39 is 6.09 Å². The Balaban J connectivity index is 0.00000242. The van der Waals surface area contributed by atoms with E-state index in [4.69, 9.17) is 9.47 Å². The summed E-state index contributed by atoms with van der Waals surface area (Å²) in [6.07, 6.45) is 3.52. The van der Waals surface area contributed by atoms with Gasteiger partial charge in [0.25, 0.3) is 0 Å². The fourth-order valence-electron chi connectivity index (χ4n) is 2.40. The van der Waals surface area contributed by atoms with Crippen LogP contribution in [0.1, 0.15) is 26.2 Å². The smallest absolute Gasteiger partial charge is 0.411 e. The lowest BCUT2D eigenvalue weighted by molar-refractivity contribution is 0.168. The van der Waals surface area contributed by atoms with Crippen molar-refractivity contribution in [2.24, 2.45) is 0 Å². The SMILES string of the molecule is CCOC(=O)Nc1ccc(OCCN2CCCCC2)cc1.Cl. The molecule has 5 nitrogen and oxygen atoms in total. The van der Waals surface area contributed by atoms with Crippen LogP contribution in [0.3, 0.4) is 0 Å². The Bertz CT molecular complexity index is 434. The Kier molecular flexibility index (Phi) is 8.70. The second-order valence-corrected chi connectivity index (χ2v) is 5.12. The van der Waals surface area contributed by atoms with Gasteiger partial charge in [0.2, 0.25) is 0 Å². The average Bonchev–Trinajstić information content (AvgIpc) is 2.50. The molecule has 1 saturated heterocycles. The van der Waals surface area contributed by atoms with E-state index in [9.17, 15) is 4.79 Å². The molecule has 22 heavy (non-hydrogen) atoms. The second-order valence-electron chi connectivity index (χ2n) is 5.12. The minimum absolute atomic E-state index is 0. The number of anilines is 1. The van der Waals surface area contributed by atoms with Gasteiger partial charge in [0.05, 0.1) is 6.61 Å². The maximum Gasteiger partial charge on any atom is 0.411 e. The van der Waals surface area contributed by atoms with E-state index in [0.29, 0.717) is 18.9 Å². The summed E-state index contributed by atoms with van der Waals surface area (Å²) in [5, 5.41) is 2.65. The molecule has 0 radical (unpaired) electrons. The molecule has 124 valence electrons. The molecule has 1 aliphatic rings. The summed E-state index contributed by atoms with van der Waals surface area (Å²) in [6.45, 7) is 6.19. The molecule has 0 bridgehead atoms. The monoisotopic (exact) mass is 328 g/mol. The van der Waals surface area contributed by atoms with E-state index in [2.05, 4.69) is 10.2 Å². The number of amides is 1. The molecule has 1 N–H and O–H groups in total. The van der Waals surface area contributed by atoms with Crippen molar-refractivity contribution >= 4 is 24.2 Å². The first-order valence-electron chi connectivity index (χ1n) is 7.67. The molecule has 0 unspecified atom stereocenters. The standard InChI is InChI=1S/C16H24N2O3.ClH/c1-2-20-16(19)17-14-6-8-15(9-7-14)21-13-12-18-10-4-3-5-11-18;/h6-9H,2-5,10-13H2,1H3,(H,17,19);1H. The van der Waals surface area contributed by atoms with Gasteiger partial charge in [-0.25, -0.2) is 4.79 Å². The lowest BCUT2D eigenvalue weighted by Crippen LogP contribution is -2.33. The summed E-state index contributed by atoms with van der Waals surface area (Å²) >= 11 is 0. The number of carbonyl (C=O) groups is 1. The third-order valence-corrected chi connectivity index (χ3v) is 3.50. The number of benzene rings is 1. The van der Waals surface area contributed by atoms with Gasteiger partial charge < -0.3 is 9.47 Å². The summed E-state index contributed by atoms with van der Waals surface area (Å²) in [7, 11) is 0. The van der Waals surface area contributed by atoms with Crippen LogP contribution in [0, 0.1) is 0 Å². The van der Waals surface area contributed by atoms with Crippen LogP contribution in [0.4, 0.5) is 10.5 Å². The number of hydrogen-bond donors (Lipinski definition) is 1. The Morgan fingerprint density at radius 1 is 1.18 bits per heavy atom. The Hall–Kier alpha value is -1.46. The second kappa shape index (κ2) is 10.3. The average molecular weight is 329 g/mol. The lowest BCUT2D eigenvalue weighted by Gasteiger charge is -2.26. The number of rotatable bonds is 6. The Morgan fingerprint density at radius 2 is 1.86 bits per heavy atom. The number of halogens is 1. The number of nitrogens with zero attached hydrogens (tertiary/aromatic N) is 1. The molecule has 1 amide bonds. The van der Waals surface area contributed by atoms with Gasteiger partial charge in [-0.2, -0.15) is 0 Å². The van der Waals surface area contributed by atoms with Gasteiger partial charge in [0.15, 0.2) is 0 Å². The highest BCUT2D eigenvalue weighted by atomic mass is 35.5. The van der Waals surface area contributed by atoms with Crippen LogP contribution in [0.25, 0.3) is 0 Å². The van der Waals surface area contributed by atoms with Gasteiger partial charge in [0, 0.05) is 12.2 Å². The predicted octanol–water partition coefficient (Wildman–Crippen LogP) is 3.54. The van der Waals surface area contributed by atoms with Crippen molar-refractivity contribution < 1.29 is 14.3 Å². The van der Waals surface area contributed by atoms with Gasteiger partial charge in [0.1, 0.15) is 12.4 Å². The van der Waals surface area contributed by atoms with E-state index in [1.807, 2.05) is 24.3 Å². The van der Waals surface area contributed by atoms with Crippen LogP contribution in [0.15, 0.2) is 24.3 Å². The molecule has 2 rings (SSSR count). The molecule has 0 saturated carbocycles. The van der Waals surface area contributed by atoms with Crippen molar-refractivity contribution in [3.05, 3.63) is 24.3 Å². The highest BCUT2D eigenvalue weighted by Gasteiger charge is 2.09. The molecular weight excluding hydrogens is 304 g/mol. The molecule has 0 aliphatic carbocycles. The third-order valence-electron chi connectivity index (χ3n) is 3.50. The number of hydrogen-bond acceptors (Lipinski definition) is 4. The summed E-state index contributed by atoms with van der Waals surface area (Å²) in [4.78, 5) is 13.7. The fraction of sp³-hybridized carbons (Fsp3) is 0.562. The zero-order chi connectivity index (χ0) is 14.9. The lowest BCUT2D eigenvalue weighted by atomic mass is 10.1. The quantitative estimate of drug-likeness (QED) is 0.867. The molecular formula is C16H25ClN2O3. The summed E-state index contributed by atoms with van der Waals surface area (Å²) in [5.74, 6) is 0.821.